The first kappa shape index (κ1) is 22.1. The first-order valence-electron chi connectivity index (χ1n) is 8.79. The number of methoxy groups -OCH3 is 1. The van der Waals surface area contributed by atoms with E-state index in [1.54, 1.807) is 36.4 Å². The van der Waals surface area contributed by atoms with Crippen molar-refractivity contribution in [3.05, 3.63) is 87.4 Å². The Kier molecular flexibility index (Phi) is 6.73. The van der Waals surface area contributed by atoms with E-state index in [1.807, 2.05) is 0 Å². The van der Waals surface area contributed by atoms with Crippen LogP contribution >= 0.6 is 11.6 Å². The maximum atomic E-state index is 13.0. The number of nitro benzene ring substituents is 1. The lowest BCUT2D eigenvalue weighted by atomic mass is 10.2. The highest BCUT2D eigenvalue weighted by atomic mass is 35.5. The lowest BCUT2D eigenvalue weighted by Crippen LogP contribution is -2.15. The molecule has 0 unspecified atom stereocenters. The van der Waals surface area contributed by atoms with E-state index in [-0.39, 0.29) is 27.0 Å². The fourth-order valence-corrected chi connectivity index (χ4v) is 4.08. The van der Waals surface area contributed by atoms with Crippen LogP contribution in [0.4, 0.5) is 17.1 Å². The number of non-ortho nitro benzene ring substituents is 1. The van der Waals surface area contributed by atoms with Crippen molar-refractivity contribution in [2.24, 2.45) is 5.10 Å². The smallest absolute Gasteiger partial charge is 0.270 e. The molecule has 160 valence electrons. The van der Waals surface area contributed by atoms with Crippen molar-refractivity contribution >= 4 is 44.9 Å². The fraction of sp³-hybridized carbons (Fsp3) is 0.0500. The molecule has 0 aromatic heterocycles. The quantitative estimate of drug-likeness (QED) is 0.290. The van der Waals surface area contributed by atoms with Crippen LogP contribution in [0.3, 0.4) is 0 Å². The van der Waals surface area contributed by atoms with Gasteiger partial charge in [-0.1, -0.05) is 35.9 Å². The highest BCUT2D eigenvalue weighted by Gasteiger charge is 2.23. The topological polar surface area (TPSA) is 123 Å². The summed E-state index contributed by atoms with van der Waals surface area (Å²) in [6, 6.07) is 16.7. The largest absolute Gasteiger partial charge is 0.497 e. The molecular formula is C20H17ClN4O5S. The number of nitrogens with zero attached hydrogens (tertiary/aromatic N) is 2. The number of sulfonamides is 1. The number of halogens is 1. The van der Waals surface area contributed by atoms with Crippen LogP contribution in [0.25, 0.3) is 0 Å². The Morgan fingerprint density at radius 1 is 1.06 bits per heavy atom. The van der Waals surface area contributed by atoms with E-state index in [2.05, 4.69) is 15.2 Å². The third-order valence-corrected chi connectivity index (χ3v) is 5.81. The number of rotatable bonds is 8. The van der Waals surface area contributed by atoms with Crippen molar-refractivity contribution in [1.29, 1.82) is 0 Å². The number of hydrazone groups is 1. The molecule has 3 aromatic carbocycles. The minimum Gasteiger partial charge on any atom is -0.497 e. The van der Waals surface area contributed by atoms with Gasteiger partial charge >= 0.3 is 0 Å². The summed E-state index contributed by atoms with van der Waals surface area (Å²) >= 11 is 6.03. The van der Waals surface area contributed by atoms with Gasteiger partial charge in [-0.3, -0.25) is 20.3 Å². The molecule has 0 aliphatic rings. The molecule has 3 aromatic rings. The van der Waals surface area contributed by atoms with Crippen molar-refractivity contribution in [2.45, 2.75) is 4.90 Å². The molecule has 0 aliphatic carbocycles. The third-order valence-electron chi connectivity index (χ3n) is 4.08. The van der Waals surface area contributed by atoms with Crippen LogP contribution in [0, 0.1) is 10.1 Å². The van der Waals surface area contributed by atoms with Crippen molar-refractivity contribution < 1.29 is 18.1 Å². The van der Waals surface area contributed by atoms with Crippen molar-refractivity contribution in [3.8, 4) is 5.75 Å². The zero-order valence-corrected chi connectivity index (χ0v) is 17.7. The molecule has 0 heterocycles. The van der Waals surface area contributed by atoms with Gasteiger partial charge in [-0.2, -0.15) is 5.10 Å². The number of hydrogen-bond donors (Lipinski definition) is 2. The van der Waals surface area contributed by atoms with Crippen LogP contribution in [0.2, 0.25) is 5.02 Å². The standard InChI is InChI=1S/C20H17ClN4O5S/c1-30-16-6-4-5-14(11-16)13-22-23-19-10-9-15(25(26)27)12-20(19)31(28,29)24-18-8-3-2-7-17(18)21/h2-13,23-24H,1H3/b22-13-. The number of anilines is 2. The van der Waals surface area contributed by atoms with Gasteiger partial charge in [-0.15, -0.1) is 0 Å². The van der Waals surface area contributed by atoms with Crippen LogP contribution in [0.5, 0.6) is 5.75 Å². The maximum Gasteiger partial charge on any atom is 0.270 e. The molecule has 0 radical (unpaired) electrons. The van der Waals surface area contributed by atoms with Crippen molar-refractivity contribution in [1.82, 2.24) is 0 Å². The van der Waals surface area contributed by atoms with E-state index >= 15 is 0 Å². The molecular weight excluding hydrogens is 444 g/mol. The minimum atomic E-state index is -4.22. The van der Waals surface area contributed by atoms with E-state index in [0.29, 0.717) is 11.3 Å². The molecule has 2 N–H and O–H groups in total. The van der Waals surface area contributed by atoms with Gasteiger partial charge in [-0.05, 0) is 35.9 Å². The van der Waals surface area contributed by atoms with Gasteiger partial charge in [0.15, 0.2) is 0 Å². The summed E-state index contributed by atoms with van der Waals surface area (Å²) in [5.74, 6) is 0.631. The summed E-state index contributed by atoms with van der Waals surface area (Å²) in [6.45, 7) is 0. The Hall–Kier alpha value is -3.63. The first-order chi connectivity index (χ1) is 14.8. The molecule has 0 aliphatic heterocycles. The summed E-state index contributed by atoms with van der Waals surface area (Å²) in [5.41, 5.74) is 3.13. The van der Waals surface area contributed by atoms with E-state index < -0.39 is 14.9 Å². The molecule has 0 atom stereocenters. The molecule has 0 bridgehead atoms. The van der Waals surface area contributed by atoms with E-state index in [9.17, 15) is 18.5 Å². The second-order valence-electron chi connectivity index (χ2n) is 6.17. The normalized spacial score (nSPS) is 11.3. The lowest BCUT2D eigenvalue weighted by Gasteiger charge is -2.13. The SMILES string of the molecule is COc1cccc(/C=N\Nc2ccc([N+](=O)[O-])cc2S(=O)(=O)Nc2ccccc2Cl)c1. The summed E-state index contributed by atoms with van der Waals surface area (Å²) < 4.78 is 33.4. The fourth-order valence-electron chi connectivity index (χ4n) is 2.58. The lowest BCUT2D eigenvalue weighted by molar-refractivity contribution is -0.385. The molecule has 0 fully saturated rings. The zero-order valence-electron chi connectivity index (χ0n) is 16.2. The Bertz CT molecular complexity index is 1250. The average molecular weight is 461 g/mol. The predicted molar refractivity (Wildman–Crippen MR) is 120 cm³/mol. The van der Waals surface area contributed by atoms with Crippen LogP contribution in [0.1, 0.15) is 5.56 Å². The van der Waals surface area contributed by atoms with E-state index in [1.165, 1.54) is 37.6 Å². The number of para-hydroxylation sites is 1. The van der Waals surface area contributed by atoms with E-state index in [0.717, 1.165) is 6.07 Å². The summed E-state index contributed by atoms with van der Waals surface area (Å²) in [4.78, 5) is 10.1. The molecule has 31 heavy (non-hydrogen) atoms. The minimum absolute atomic E-state index is 0.0456. The van der Waals surface area contributed by atoms with Gasteiger partial charge in [0, 0.05) is 12.1 Å². The monoisotopic (exact) mass is 460 g/mol. The highest BCUT2D eigenvalue weighted by Crippen LogP contribution is 2.30. The van der Waals surface area contributed by atoms with Crippen LogP contribution in [-0.2, 0) is 10.0 Å². The predicted octanol–water partition coefficient (Wildman–Crippen LogP) is 4.50. The summed E-state index contributed by atoms with van der Waals surface area (Å²) in [7, 11) is -2.69. The third kappa shape index (κ3) is 5.50. The summed E-state index contributed by atoms with van der Waals surface area (Å²) in [6.07, 6.45) is 1.46. The Labute approximate surface area is 183 Å². The second kappa shape index (κ2) is 9.45. The van der Waals surface area contributed by atoms with Gasteiger partial charge in [-0.25, -0.2) is 8.42 Å². The van der Waals surface area contributed by atoms with Gasteiger partial charge in [0.05, 0.1) is 34.6 Å². The molecule has 0 saturated heterocycles. The first-order valence-corrected chi connectivity index (χ1v) is 10.7. The van der Waals surface area contributed by atoms with Crippen molar-refractivity contribution in [2.75, 3.05) is 17.3 Å². The van der Waals surface area contributed by atoms with Gasteiger partial charge in [0.2, 0.25) is 0 Å². The van der Waals surface area contributed by atoms with Crippen molar-refractivity contribution in [3.63, 3.8) is 0 Å². The van der Waals surface area contributed by atoms with Gasteiger partial charge in [0.1, 0.15) is 10.6 Å². The molecule has 0 spiro atoms. The number of nitro groups is 1. The summed E-state index contributed by atoms with van der Waals surface area (Å²) in [5, 5.41) is 15.4. The van der Waals surface area contributed by atoms with Crippen LogP contribution in [0.15, 0.2) is 76.7 Å². The molecule has 3 rings (SSSR count). The molecule has 11 heteroatoms. The Morgan fingerprint density at radius 2 is 1.84 bits per heavy atom. The van der Waals surface area contributed by atoms with Gasteiger partial charge in [0.25, 0.3) is 15.7 Å². The highest BCUT2D eigenvalue weighted by molar-refractivity contribution is 7.93. The van der Waals surface area contributed by atoms with E-state index in [4.69, 9.17) is 16.3 Å². The van der Waals surface area contributed by atoms with Gasteiger partial charge < -0.3 is 4.74 Å². The number of ether oxygens (including phenoxy) is 1. The zero-order chi connectivity index (χ0) is 22.4. The Balaban J connectivity index is 1.94. The number of hydrogen-bond acceptors (Lipinski definition) is 7. The van der Waals surface area contributed by atoms with Crippen LogP contribution in [-0.4, -0.2) is 26.7 Å². The Morgan fingerprint density at radius 3 is 2.55 bits per heavy atom. The number of nitrogens with one attached hydrogen (secondary N) is 2. The molecule has 9 nitrogen and oxygen atoms in total. The molecule has 0 amide bonds. The average Bonchev–Trinajstić information content (AvgIpc) is 2.75. The molecule has 0 saturated carbocycles. The second-order valence-corrected chi connectivity index (χ2v) is 8.23. The number of benzene rings is 3. The maximum absolute atomic E-state index is 13.0. The van der Waals surface area contributed by atoms with Crippen LogP contribution < -0.4 is 14.9 Å².